The summed E-state index contributed by atoms with van der Waals surface area (Å²) in [6.45, 7) is 6.98. The van der Waals surface area contributed by atoms with Gasteiger partial charge in [-0.3, -0.25) is 0 Å². The second kappa shape index (κ2) is 5.24. The second-order valence-electron chi connectivity index (χ2n) is 4.27. The smallest absolute Gasteiger partial charge is 0.0621 e. The maximum Gasteiger partial charge on any atom is 0.0621 e. The molecule has 1 rings (SSSR count). The van der Waals surface area contributed by atoms with Crippen LogP contribution in [0.3, 0.4) is 0 Å². The summed E-state index contributed by atoms with van der Waals surface area (Å²) in [7, 11) is 0. The van der Waals surface area contributed by atoms with Gasteiger partial charge in [-0.1, -0.05) is 0 Å². The molecule has 74 valence electrons. The van der Waals surface area contributed by atoms with E-state index in [1.807, 2.05) is 0 Å². The predicted octanol–water partition coefficient (Wildman–Crippen LogP) is 2.41. The summed E-state index contributed by atoms with van der Waals surface area (Å²) < 4.78 is 0. The lowest BCUT2D eigenvalue weighted by Gasteiger charge is -2.34. The van der Waals surface area contributed by atoms with Crippen LogP contribution in [0.25, 0.3) is 0 Å². The van der Waals surface area contributed by atoms with E-state index in [0.717, 1.165) is 18.8 Å². The van der Waals surface area contributed by atoms with Crippen molar-refractivity contribution in [3.63, 3.8) is 0 Å². The highest BCUT2D eigenvalue weighted by atomic mass is 15.1. The largest absolute Gasteiger partial charge is 0.301 e. The molecule has 0 aromatic rings. The predicted molar refractivity (Wildman–Crippen MR) is 54.3 cm³/mol. The lowest BCUT2D eigenvalue weighted by atomic mass is 9.92. The molecular weight excluding hydrogens is 160 g/mol. The zero-order valence-electron chi connectivity index (χ0n) is 8.79. The molecule has 13 heavy (non-hydrogen) atoms. The van der Waals surface area contributed by atoms with Gasteiger partial charge in [-0.25, -0.2) is 0 Å². The van der Waals surface area contributed by atoms with Crippen LogP contribution in [-0.4, -0.2) is 24.0 Å². The van der Waals surface area contributed by atoms with Gasteiger partial charge in [-0.2, -0.15) is 5.26 Å². The highest BCUT2D eigenvalue weighted by Gasteiger charge is 2.19. The van der Waals surface area contributed by atoms with Crippen LogP contribution in [0, 0.1) is 17.2 Å². The summed E-state index contributed by atoms with van der Waals surface area (Å²) >= 11 is 0. The van der Waals surface area contributed by atoms with Crippen molar-refractivity contribution in [2.24, 2.45) is 5.92 Å². The van der Waals surface area contributed by atoms with E-state index in [4.69, 9.17) is 5.26 Å². The first-order valence-electron chi connectivity index (χ1n) is 5.35. The summed E-state index contributed by atoms with van der Waals surface area (Å²) in [5.74, 6) is 0.814. The lowest BCUT2D eigenvalue weighted by molar-refractivity contribution is 0.146. The number of hydrogen-bond donors (Lipinski definition) is 0. The number of rotatable bonds is 3. The average Bonchev–Trinajstić information content (AvgIpc) is 2.15. The van der Waals surface area contributed by atoms with E-state index in [0.29, 0.717) is 6.04 Å². The van der Waals surface area contributed by atoms with Crippen LogP contribution in [0.4, 0.5) is 0 Å². The molecule has 0 atom stereocenters. The Kier molecular flexibility index (Phi) is 4.24. The maximum absolute atomic E-state index is 8.48. The van der Waals surface area contributed by atoms with E-state index < -0.39 is 0 Å². The molecule has 0 aliphatic carbocycles. The Labute approximate surface area is 81.5 Å². The minimum absolute atomic E-state index is 0.692. The molecule has 0 amide bonds. The number of hydrogen-bond acceptors (Lipinski definition) is 2. The number of piperidine rings is 1. The van der Waals surface area contributed by atoms with Crippen LogP contribution in [-0.2, 0) is 0 Å². The van der Waals surface area contributed by atoms with Crippen molar-refractivity contribution in [2.75, 3.05) is 13.1 Å². The van der Waals surface area contributed by atoms with Gasteiger partial charge in [-0.15, -0.1) is 0 Å². The normalized spacial score (nSPS) is 20.5. The molecule has 0 aromatic carbocycles. The Bertz CT molecular complexity index is 173. The Morgan fingerprint density at radius 3 is 2.46 bits per heavy atom. The van der Waals surface area contributed by atoms with E-state index in [1.54, 1.807) is 0 Å². The number of nitrogens with zero attached hydrogens (tertiary/aromatic N) is 2. The first-order chi connectivity index (χ1) is 6.24. The monoisotopic (exact) mass is 180 g/mol. The van der Waals surface area contributed by atoms with Crippen molar-refractivity contribution in [1.82, 2.24) is 4.90 Å². The molecule has 0 spiro atoms. The third-order valence-electron chi connectivity index (χ3n) is 3.04. The summed E-state index contributed by atoms with van der Waals surface area (Å²) in [5.41, 5.74) is 0. The molecule has 0 aromatic heterocycles. The van der Waals surface area contributed by atoms with Crippen LogP contribution in [0.15, 0.2) is 0 Å². The Morgan fingerprint density at radius 2 is 2.00 bits per heavy atom. The van der Waals surface area contributed by atoms with Gasteiger partial charge in [0.25, 0.3) is 0 Å². The number of nitriles is 1. The molecule has 2 heteroatoms. The maximum atomic E-state index is 8.48. The SMILES string of the molecule is CC(C)N1CCC(CCC#N)CC1. The molecular formula is C11H20N2. The van der Waals surface area contributed by atoms with Crippen molar-refractivity contribution in [3.05, 3.63) is 0 Å². The zero-order valence-corrected chi connectivity index (χ0v) is 8.79. The molecule has 1 saturated heterocycles. The minimum Gasteiger partial charge on any atom is -0.301 e. The number of likely N-dealkylation sites (tertiary alicyclic amines) is 1. The van der Waals surface area contributed by atoms with Gasteiger partial charge in [0, 0.05) is 12.5 Å². The Balaban J connectivity index is 2.19. The fraction of sp³-hybridized carbons (Fsp3) is 0.909. The van der Waals surface area contributed by atoms with Crippen LogP contribution in [0.5, 0.6) is 0 Å². The molecule has 0 radical (unpaired) electrons. The highest BCUT2D eigenvalue weighted by molar-refractivity contribution is 4.78. The molecule has 0 saturated carbocycles. The fourth-order valence-corrected chi connectivity index (χ4v) is 2.03. The quantitative estimate of drug-likeness (QED) is 0.667. The van der Waals surface area contributed by atoms with Crippen LogP contribution in [0.1, 0.15) is 39.5 Å². The van der Waals surface area contributed by atoms with Crippen LogP contribution in [0.2, 0.25) is 0 Å². The van der Waals surface area contributed by atoms with Crippen LogP contribution >= 0.6 is 0 Å². The molecule has 1 aliphatic rings. The van der Waals surface area contributed by atoms with Gasteiger partial charge in [0.15, 0.2) is 0 Å². The van der Waals surface area contributed by atoms with E-state index in [2.05, 4.69) is 24.8 Å². The zero-order chi connectivity index (χ0) is 9.68. The van der Waals surface area contributed by atoms with Gasteiger partial charge in [0.2, 0.25) is 0 Å². The van der Waals surface area contributed by atoms with E-state index in [9.17, 15) is 0 Å². The summed E-state index contributed by atoms with van der Waals surface area (Å²) in [6.07, 6.45) is 4.44. The first kappa shape index (κ1) is 10.5. The molecule has 1 aliphatic heterocycles. The van der Waals surface area contributed by atoms with Crippen molar-refractivity contribution in [2.45, 2.75) is 45.6 Å². The minimum atomic E-state index is 0.692. The van der Waals surface area contributed by atoms with Crippen LogP contribution < -0.4 is 0 Å². The lowest BCUT2D eigenvalue weighted by Crippen LogP contribution is -2.38. The average molecular weight is 180 g/mol. The third-order valence-corrected chi connectivity index (χ3v) is 3.04. The summed E-state index contributed by atoms with van der Waals surface area (Å²) in [6, 6.07) is 2.93. The Morgan fingerprint density at radius 1 is 1.38 bits per heavy atom. The van der Waals surface area contributed by atoms with E-state index in [1.165, 1.54) is 25.9 Å². The van der Waals surface area contributed by atoms with E-state index in [-0.39, 0.29) is 0 Å². The third kappa shape index (κ3) is 3.36. The second-order valence-corrected chi connectivity index (χ2v) is 4.27. The van der Waals surface area contributed by atoms with Crippen molar-refractivity contribution in [3.8, 4) is 6.07 Å². The standard InChI is InChI=1S/C11H20N2/c1-10(2)13-8-5-11(6-9-13)4-3-7-12/h10-11H,3-6,8-9H2,1-2H3. The fourth-order valence-electron chi connectivity index (χ4n) is 2.03. The van der Waals surface area contributed by atoms with Gasteiger partial charge >= 0.3 is 0 Å². The molecule has 2 nitrogen and oxygen atoms in total. The van der Waals surface area contributed by atoms with Crippen molar-refractivity contribution >= 4 is 0 Å². The Hall–Kier alpha value is -0.550. The first-order valence-corrected chi connectivity index (χ1v) is 5.35. The van der Waals surface area contributed by atoms with E-state index >= 15 is 0 Å². The van der Waals surface area contributed by atoms with Gasteiger partial charge in [0.1, 0.15) is 0 Å². The van der Waals surface area contributed by atoms with Gasteiger partial charge < -0.3 is 4.90 Å². The van der Waals surface area contributed by atoms with Gasteiger partial charge in [0.05, 0.1) is 6.07 Å². The summed E-state index contributed by atoms with van der Waals surface area (Å²) in [4.78, 5) is 2.53. The molecule has 0 bridgehead atoms. The summed E-state index contributed by atoms with van der Waals surface area (Å²) in [5, 5.41) is 8.48. The van der Waals surface area contributed by atoms with Crippen molar-refractivity contribution < 1.29 is 0 Å². The van der Waals surface area contributed by atoms with Gasteiger partial charge in [-0.05, 0) is 52.1 Å². The topological polar surface area (TPSA) is 27.0 Å². The molecule has 0 unspecified atom stereocenters. The van der Waals surface area contributed by atoms with Crippen molar-refractivity contribution in [1.29, 1.82) is 5.26 Å². The molecule has 0 N–H and O–H groups in total. The molecule has 1 fully saturated rings. The highest BCUT2D eigenvalue weighted by Crippen LogP contribution is 2.22. The molecule has 1 heterocycles.